The maximum Gasteiger partial charge on any atom is 0.261 e. The van der Waals surface area contributed by atoms with Gasteiger partial charge in [-0.15, -0.1) is 0 Å². The maximum absolute atomic E-state index is 13.7. The van der Waals surface area contributed by atoms with E-state index in [1.165, 1.54) is 24.1 Å². The van der Waals surface area contributed by atoms with Gasteiger partial charge in [0.1, 0.15) is 11.6 Å². The second-order valence-electron chi connectivity index (χ2n) is 4.38. The number of hydrogen-bond acceptors (Lipinski definition) is 3. The van der Waals surface area contributed by atoms with E-state index in [4.69, 9.17) is 11.0 Å². The molecule has 0 aromatic heterocycles. The van der Waals surface area contributed by atoms with Gasteiger partial charge in [-0.05, 0) is 30.3 Å². The molecule has 0 spiro atoms. The first-order valence-electron chi connectivity index (χ1n) is 5.96. The fourth-order valence-electron chi connectivity index (χ4n) is 1.79. The quantitative estimate of drug-likeness (QED) is 0.863. The lowest BCUT2D eigenvalue weighted by Gasteiger charge is -2.18. The van der Waals surface area contributed by atoms with Crippen molar-refractivity contribution in [1.82, 2.24) is 0 Å². The molecule has 0 atom stereocenters. The van der Waals surface area contributed by atoms with Crippen molar-refractivity contribution in [3.8, 4) is 6.07 Å². The zero-order valence-electron chi connectivity index (χ0n) is 11.1. The third-order valence-corrected chi connectivity index (χ3v) is 3.01. The standard InChI is InChI=1S/C15H11F2N3O/c1-20(10-4-2-9(8-18)3-5-10)15(21)11-6-14(19)13(17)7-12(11)16/h2-7H,19H2,1H3. The molecule has 0 unspecified atom stereocenters. The second-order valence-corrected chi connectivity index (χ2v) is 4.38. The van der Waals surface area contributed by atoms with E-state index in [1.54, 1.807) is 12.1 Å². The van der Waals surface area contributed by atoms with E-state index in [-0.39, 0.29) is 11.3 Å². The van der Waals surface area contributed by atoms with Crippen molar-refractivity contribution in [3.63, 3.8) is 0 Å². The molecule has 0 saturated carbocycles. The fourth-order valence-corrected chi connectivity index (χ4v) is 1.79. The Bertz CT molecular complexity index is 736. The Morgan fingerprint density at radius 2 is 1.81 bits per heavy atom. The highest BCUT2D eigenvalue weighted by Crippen LogP contribution is 2.21. The van der Waals surface area contributed by atoms with Crippen molar-refractivity contribution in [2.75, 3.05) is 17.7 Å². The van der Waals surface area contributed by atoms with Crippen LogP contribution in [0.15, 0.2) is 36.4 Å². The lowest BCUT2D eigenvalue weighted by Crippen LogP contribution is -2.27. The molecule has 2 aromatic carbocycles. The van der Waals surface area contributed by atoms with E-state index in [9.17, 15) is 13.6 Å². The molecule has 4 nitrogen and oxygen atoms in total. The van der Waals surface area contributed by atoms with Crippen LogP contribution in [0.25, 0.3) is 0 Å². The zero-order chi connectivity index (χ0) is 15.6. The van der Waals surface area contributed by atoms with E-state index in [0.29, 0.717) is 17.3 Å². The van der Waals surface area contributed by atoms with Gasteiger partial charge in [0.15, 0.2) is 0 Å². The Labute approximate surface area is 120 Å². The van der Waals surface area contributed by atoms with Gasteiger partial charge in [0.25, 0.3) is 5.91 Å². The van der Waals surface area contributed by atoms with Gasteiger partial charge < -0.3 is 10.6 Å². The van der Waals surface area contributed by atoms with Crippen molar-refractivity contribution in [3.05, 3.63) is 59.2 Å². The van der Waals surface area contributed by atoms with Gasteiger partial charge >= 0.3 is 0 Å². The maximum atomic E-state index is 13.7. The van der Waals surface area contributed by atoms with Crippen LogP contribution in [0, 0.1) is 23.0 Å². The van der Waals surface area contributed by atoms with Crippen LogP contribution in [-0.2, 0) is 0 Å². The predicted octanol–water partition coefficient (Wildman–Crippen LogP) is 2.70. The van der Waals surface area contributed by atoms with Crippen LogP contribution in [0.2, 0.25) is 0 Å². The van der Waals surface area contributed by atoms with Crippen molar-refractivity contribution in [2.24, 2.45) is 0 Å². The molecule has 0 aliphatic carbocycles. The molecule has 2 N–H and O–H groups in total. The minimum absolute atomic E-state index is 0.298. The van der Waals surface area contributed by atoms with Gasteiger partial charge in [-0.1, -0.05) is 0 Å². The normalized spacial score (nSPS) is 10.0. The number of nitrogens with two attached hydrogens (primary N) is 1. The van der Waals surface area contributed by atoms with Crippen molar-refractivity contribution >= 4 is 17.3 Å². The molecule has 0 aliphatic rings. The monoisotopic (exact) mass is 287 g/mol. The number of hydrogen-bond donors (Lipinski definition) is 1. The van der Waals surface area contributed by atoms with Gasteiger partial charge in [-0.25, -0.2) is 8.78 Å². The number of nitrogen functional groups attached to an aromatic ring is 1. The molecule has 106 valence electrons. The summed E-state index contributed by atoms with van der Waals surface area (Å²) in [6.07, 6.45) is 0. The van der Waals surface area contributed by atoms with Crippen LogP contribution < -0.4 is 10.6 Å². The molecule has 2 rings (SSSR count). The number of anilines is 2. The summed E-state index contributed by atoms with van der Waals surface area (Å²) in [5.74, 6) is -2.55. The van der Waals surface area contributed by atoms with Crippen molar-refractivity contribution < 1.29 is 13.6 Å². The van der Waals surface area contributed by atoms with Crippen LogP contribution in [-0.4, -0.2) is 13.0 Å². The molecular formula is C15H11F2N3O. The minimum Gasteiger partial charge on any atom is -0.396 e. The Hall–Kier alpha value is -2.94. The lowest BCUT2D eigenvalue weighted by atomic mass is 10.1. The molecule has 0 aliphatic heterocycles. The molecule has 0 heterocycles. The van der Waals surface area contributed by atoms with E-state index in [1.807, 2.05) is 6.07 Å². The third-order valence-electron chi connectivity index (χ3n) is 3.01. The number of amides is 1. The van der Waals surface area contributed by atoms with Crippen LogP contribution in [0.4, 0.5) is 20.2 Å². The van der Waals surface area contributed by atoms with Crippen molar-refractivity contribution in [2.45, 2.75) is 0 Å². The lowest BCUT2D eigenvalue weighted by molar-refractivity contribution is 0.0989. The van der Waals surface area contributed by atoms with Crippen molar-refractivity contribution in [1.29, 1.82) is 5.26 Å². The average molecular weight is 287 g/mol. The first-order valence-corrected chi connectivity index (χ1v) is 5.96. The summed E-state index contributed by atoms with van der Waals surface area (Å²) >= 11 is 0. The Kier molecular flexibility index (Phi) is 3.85. The molecule has 1 amide bonds. The highest BCUT2D eigenvalue weighted by Gasteiger charge is 2.19. The summed E-state index contributed by atoms with van der Waals surface area (Å²) in [4.78, 5) is 13.4. The van der Waals surface area contributed by atoms with Crippen LogP contribution >= 0.6 is 0 Å². The largest absolute Gasteiger partial charge is 0.396 e. The first kappa shape index (κ1) is 14.5. The topological polar surface area (TPSA) is 70.1 Å². The molecule has 0 fully saturated rings. The highest BCUT2D eigenvalue weighted by atomic mass is 19.1. The summed E-state index contributed by atoms with van der Waals surface area (Å²) < 4.78 is 26.8. The summed E-state index contributed by atoms with van der Waals surface area (Å²) in [6, 6.07) is 9.69. The summed E-state index contributed by atoms with van der Waals surface area (Å²) in [5, 5.41) is 8.72. The van der Waals surface area contributed by atoms with Gasteiger partial charge in [0, 0.05) is 18.8 Å². The smallest absolute Gasteiger partial charge is 0.261 e. The molecule has 0 radical (unpaired) electrons. The SMILES string of the molecule is CN(C(=O)c1cc(N)c(F)cc1F)c1ccc(C#N)cc1. The number of rotatable bonds is 2. The van der Waals surface area contributed by atoms with Crippen LogP contribution in [0.3, 0.4) is 0 Å². The minimum atomic E-state index is -0.979. The number of nitriles is 1. The van der Waals surface area contributed by atoms with Gasteiger partial charge in [-0.3, -0.25) is 4.79 Å². The molecule has 21 heavy (non-hydrogen) atoms. The van der Waals surface area contributed by atoms with E-state index < -0.39 is 17.5 Å². The second kappa shape index (κ2) is 5.59. The number of carbonyl (C=O) groups excluding carboxylic acids is 1. The van der Waals surface area contributed by atoms with Gasteiger partial charge in [0.2, 0.25) is 0 Å². The average Bonchev–Trinajstić information content (AvgIpc) is 2.49. The number of benzene rings is 2. The molecule has 0 bridgehead atoms. The van der Waals surface area contributed by atoms with E-state index in [0.717, 1.165) is 6.07 Å². The molecule has 6 heteroatoms. The van der Waals surface area contributed by atoms with E-state index in [2.05, 4.69) is 0 Å². The number of nitrogens with zero attached hydrogens (tertiary/aromatic N) is 2. The Morgan fingerprint density at radius 3 is 2.38 bits per heavy atom. The van der Waals surface area contributed by atoms with Crippen LogP contribution in [0.1, 0.15) is 15.9 Å². The number of halogens is 2. The third kappa shape index (κ3) is 2.82. The van der Waals surface area contributed by atoms with Gasteiger partial charge in [0.05, 0.1) is 22.9 Å². The van der Waals surface area contributed by atoms with Crippen LogP contribution in [0.5, 0.6) is 0 Å². The zero-order valence-corrected chi connectivity index (χ0v) is 11.1. The number of carbonyl (C=O) groups is 1. The van der Waals surface area contributed by atoms with Gasteiger partial charge in [-0.2, -0.15) is 5.26 Å². The molecular weight excluding hydrogens is 276 g/mol. The predicted molar refractivity (Wildman–Crippen MR) is 74.7 cm³/mol. The molecule has 0 saturated heterocycles. The highest BCUT2D eigenvalue weighted by molar-refractivity contribution is 6.06. The Balaban J connectivity index is 2.35. The summed E-state index contributed by atoms with van der Waals surface area (Å²) in [6.45, 7) is 0. The first-order chi connectivity index (χ1) is 9.93. The fraction of sp³-hybridized carbons (Fsp3) is 0.0667. The molecule has 2 aromatic rings. The summed E-state index contributed by atoms with van der Waals surface area (Å²) in [7, 11) is 1.45. The Morgan fingerprint density at radius 1 is 1.19 bits per heavy atom. The summed E-state index contributed by atoms with van der Waals surface area (Å²) in [5.41, 5.74) is 5.65. The van der Waals surface area contributed by atoms with E-state index >= 15 is 0 Å².